The predicted octanol–water partition coefficient (Wildman–Crippen LogP) is 3.96. The Morgan fingerprint density at radius 1 is 0.862 bits per heavy atom. The third kappa shape index (κ3) is 3.48. The van der Waals surface area contributed by atoms with Crippen LogP contribution in [0.15, 0.2) is 82.7 Å². The van der Waals surface area contributed by atoms with Gasteiger partial charge >= 0.3 is 0 Å². The van der Waals surface area contributed by atoms with Crippen LogP contribution in [0.4, 0.5) is 0 Å². The summed E-state index contributed by atoms with van der Waals surface area (Å²) in [5.41, 5.74) is 1.76. The Morgan fingerprint density at radius 3 is 2.31 bits per heavy atom. The van der Waals surface area contributed by atoms with Gasteiger partial charge in [0.2, 0.25) is 0 Å². The number of para-hydroxylation sites is 3. The maximum absolute atomic E-state index is 13.2. The zero-order valence-electron chi connectivity index (χ0n) is 16.1. The molecule has 3 aromatic carbocycles. The maximum atomic E-state index is 13.2. The van der Waals surface area contributed by atoms with E-state index in [4.69, 9.17) is 14.5 Å². The lowest BCUT2D eigenvalue weighted by Crippen LogP contribution is -2.20. The summed E-state index contributed by atoms with van der Waals surface area (Å²) in [6, 6.07) is 22.1. The van der Waals surface area contributed by atoms with E-state index >= 15 is 0 Å². The molecule has 0 atom stereocenters. The van der Waals surface area contributed by atoms with Gasteiger partial charge in [-0.1, -0.05) is 36.4 Å². The average Bonchev–Trinajstić information content (AvgIpc) is 2.78. The third-order valence-electron chi connectivity index (χ3n) is 4.55. The van der Waals surface area contributed by atoms with Gasteiger partial charge in [-0.2, -0.15) is 9.78 Å². The number of hydrogen-bond acceptors (Lipinski definition) is 5. The topological polar surface area (TPSA) is 65.7 Å². The highest BCUT2D eigenvalue weighted by Crippen LogP contribution is 2.28. The Hall–Kier alpha value is -3.93. The Morgan fingerprint density at radius 2 is 1.52 bits per heavy atom. The van der Waals surface area contributed by atoms with Crippen LogP contribution in [0.3, 0.4) is 0 Å². The fourth-order valence-electron chi connectivity index (χ4n) is 3.13. The SMILES string of the molecule is COc1ccccc1C=Nn1c(-c2ccccc2OC)nc2ccccc2c1=O. The summed E-state index contributed by atoms with van der Waals surface area (Å²) in [6.45, 7) is 0. The summed E-state index contributed by atoms with van der Waals surface area (Å²) in [5.74, 6) is 1.67. The number of nitrogens with zero attached hydrogens (tertiary/aromatic N) is 3. The minimum atomic E-state index is -0.261. The minimum absolute atomic E-state index is 0.261. The van der Waals surface area contributed by atoms with Gasteiger partial charge in [0.1, 0.15) is 11.5 Å². The van der Waals surface area contributed by atoms with E-state index in [-0.39, 0.29) is 5.56 Å². The Labute approximate surface area is 167 Å². The Bertz CT molecular complexity index is 1260. The van der Waals surface area contributed by atoms with Crippen molar-refractivity contribution in [2.75, 3.05) is 14.2 Å². The quantitative estimate of drug-likeness (QED) is 0.488. The molecule has 0 fully saturated rings. The summed E-state index contributed by atoms with van der Waals surface area (Å²) in [5, 5.41) is 4.96. The summed E-state index contributed by atoms with van der Waals surface area (Å²) in [4.78, 5) is 17.9. The number of hydrogen-bond donors (Lipinski definition) is 0. The summed E-state index contributed by atoms with van der Waals surface area (Å²) in [6.07, 6.45) is 1.59. The van der Waals surface area contributed by atoms with Gasteiger partial charge in [0.15, 0.2) is 5.82 Å². The van der Waals surface area contributed by atoms with E-state index in [0.29, 0.717) is 33.8 Å². The van der Waals surface area contributed by atoms with Crippen LogP contribution in [0.25, 0.3) is 22.3 Å². The van der Waals surface area contributed by atoms with Gasteiger partial charge in [0.05, 0.1) is 36.9 Å². The van der Waals surface area contributed by atoms with Crippen molar-refractivity contribution >= 4 is 17.1 Å². The molecule has 6 nitrogen and oxygen atoms in total. The molecule has 0 spiro atoms. The highest BCUT2D eigenvalue weighted by Gasteiger charge is 2.15. The molecule has 1 aromatic heterocycles. The van der Waals surface area contributed by atoms with Crippen molar-refractivity contribution in [3.8, 4) is 22.9 Å². The fraction of sp³-hybridized carbons (Fsp3) is 0.0870. The van der Waals surface area contributed by atoms with Crippen LogP contribution < -0.4 is 15.0 Å². The molecule has 0 N–H and O–H groups in total. The van der Waals surface area contributed by atoms with Crippen molar-refractivity contribution in [1.29, 1.82) is 0 Å². The fourth-order valence-corrected chi connectivity index (χ4v) is 3.13. The van der Waals surface area contributed by atoms with Gasteiger partial charge in [-0.25, -0.2) is 4.98 Å². The van der Waals surface area contributed by atoms with E-state index in [1.807, 2.05) is 66.7 Å². The lowest BCUT2D eigenvalue weighted by molar-refractivity contribution is 0.414. The standard InChI is InChI=1S/C23H19N3O3/c1-28-20-13-7-3-9-16(20)15-24-26-22(18-11-5-8-14-21(18)29-2)25-19-12-6-4-10-17(19)23(26)27/h3-15H,1-2H3. The lowest BCUT2D eigenvalue weighted by Gasteiger charge is -2.12. The second-order valence-corrected chi connectivity index (χ2v) is 6.26. The first-order valence-corrected chi connectivity index (χ1v) is 9.05. The van der Waals surface area contributed by atoms with E-state index < -0.39 is 0 Å². The molecule has 144 valence electrons. The van der Waals surface area contributed by atoms with Crippen molar-refractivity contribution in [3.63, 3.8) is 0 Å². The first kappa shape index (κ1) is 18.4. The highest BCUT2D eigenvalue weighted by molar-refractivity contribution is 5.84. The molecule has 0 amide bonds. The molecule has 1 heterocycles. The van der Waals surface area contributed by atoms with E-state index in [1.165, 1.54) is 4.68 Å². The molecule has 4 rings (SSSR count). The first-order chi connectivity index (χ1) is 14.2. The molecule has 4 aromatic rings. The second-order valence-electron chi connectivity index (χ2n) is 6.26. The van der Waals surface area contributed by atoms with Crippen LogP contribution in [-0.2, 0) is 0 Å². The maximum Gasteiger partial charge on any atom is 0.282 e. The number of methoxy groups -OCH3 is 2. The van der Waals surface area contributed by atoms with Crippen molar-refractivity contribution in [3.05, 3.63) is 88.7 Å². The predicted molar refractivity (Wildman–Crippen MR) is 114 cm³/mol. The van der Waals surface area contributed by atoms with Gasteiger partial charge in [-0.05, 0) is 36.4 Å². The lowest BCUT2D eigenvalue weighted by atomic mass is 10.1. The molecule has 0 radical (unpaired) electrons. The number of fused-ring (bicyclic) bond motifs is 1. The molecular weight excluding hydrogens is 366 g/mol. The number of aromatic nitrogens is 2. The van der Waals surface area contributed by atoms with Crippen molar-refractivity contribution in [2.45, 2.75) is 0 Å². The van der Waals surface area contributed by atoms with E-state index in [2.05, 4.69) is 5.10 Å². The van der Waals surface area contributed by atoms with Crippen LogP contribution in [-0.4, -0.2) is 30.1 Å². The molecule has 0 aliphatic heterocycles. The molecule has 0 saturated carbocycles. The van der Waals surface area contributed by atoms with Crippen molar-refractivity contribution in [2.24, 2.45) is 5.10 Å². The zero-order valence-corrected chi connectivity index (χ0v) is 16.1. The van der Waals surface area contributed by atoms with Crippen LogP contribution in [0.1, 0.15) is 5.56 Å². The Balaban J connectivity index is 1.98. The molecular formula is C23H19N3O3. The van der Waals surface area contributed by atoms with Gasteiger partial charge in [-0.3, -0.25) is 4.79 Å². The molecule has 0 aliphatic carbocycles. The molecule has 0 unspecified atom stereocenters. The van der Waals surface area contributed by atoms with Gasteiger partial charge in [0.25, 0.3) is 5.56 Å². The molecule has 6 heteroatoms. The second kappa shape index (κ2) is 7.98. The number of benzene rings is 3. The monoisotopic (exact) mass is 385 g/mol. The van der Waals surface area contributed by atoms with Crippen molar-refractivity contribution in [1.82, 2.24) is 9.66 Å². The summed E-state index contributed by atoms with van der Waals surface area (Å²) in [7, 11) is 3.18. The van der Waals surface area contributed by atoms with E-state index in [9.17, 15) is 4.79 Å². The summed E-state index contributed by atoms with van der Waals surface area (Å²) >= 11 is 0. The van der Waals surface area contributed by atoms with Crippen LogP contribution in [0.2, 0.25) is 0 Å². The van der Waals surface area contributed by atoms with Crippen LogP contribution in [0, 0.1) is 0 Å². The van der Waals surface area contributed by atoms with Gasteiger partial charge < -0.3 is 9.47 Å². The molecule has 0 saturated heterocycles. The minimum Gasteiger partial charge on any atom is -0.496 e. The van der Waals surface area contributed by atoms with Crippen LogP contribution >= 0.6 is 0 Å². The third-order valence-corrected chi connectivity index (χ3v) is 4.55. The van der Waals surface area contributed by atoms with Gasteiger partial charge in [-0.15, -0.1) is 0 Å². The number of rotatable bonds is 5. The number of ether oxygens (including phenoxy) is 2. The molecule has 0 bridgehead atoms. The largest absolute Gasteiger partial charge is 0.496 e. The summed E-state index contributed by atoms with van der Waals surface area (Å²) < 4.78 is 12.1. The van der Waals surface area contributed by atoms with Gasteiger partial charge in [0, 0.05) is 5.56 Å². The molecule has 0 aliphatic rings. The Kier molecular flexibility index (Phi) is 5.07. The van der Waals surface area contributed by atoms with E-state index in [0.717, 1.165) is 5.56 Å². The van der Waals surface area contributed by atoms with Crippen LogP contribution in [0.5, 0.6) is 11.5 Å². The normalized spacial score (nSPS) is 11.1. The molecule has 29 heavy (non-hydrogen) atoms. The zero-order chi connectivity index (χ0) is 20.2. The van der Waals surface area contributed by atoms with Crippen molar-refractivity contribution < 1.29 is 9.47 Å². The first-order valence-electron chi connectivity index (χ1n) is 9.05. The van der Waals surface area contributed by atoms with E-state index in [1.54, 1.807) is 26.5 Å². The smallest absolute Gasteiger partial charge is 0.282 e. The average molecular weight is 385 g/mol. The highest BCUT2D eigenvalue weighted by atomic mass is 16.5.